The van der Waals surface area contributed by atoms with E-state index in [-0.39, 0.29) is 5.91 Å². The molecule has 0 fully saturated rings. The number of carbonyl (C=O) groups is 1. The van der Waals surface area contributed by atoms with Crippen LogP contribution in [0.3, 0.4) is 0 Å². The largest absolute Gasteiger partial charge is 0.495 e. The zero-order valence-electron chi connectivity index (χ0n) is 8.22. The Balaban J connectivity index is 2.74. The van der Waals surface area contributed by atoms with Gasteiger partial charge < -0.3 is 10.1 Å². The molecule has 1 aromatic carbocycles. The summed E-state index contributed by atoms with van der Waals surface area (Å²) in [5, 5.41) is 2.72. The van der Waals surface area contributed by atoms with E-state index in [1.165, 1.54) is 0 Å². The number of amides is 1. The van der Waals surface area contributed by atoms with Gasteiger partial charge in [0.05, 0.1) is 11.6 Å². The molecule has 1 amide bonds. The Hall–Kier alpha value is -0.740. The molecule has 0 aromatic heterocycles. The van der Waals surface area contributed by atoms with Crippen LogP contribution in [0.4, 0.5) is 5.69 Å². The van der Waals surface area contributed by atoms with Crippen LogP contribution >= 0.6 is 27.5 Å². The number of hydrogen-bond acceptors (Lipinski definition) is 2. The van der Waals surface area contributed by atoms with Gasteiger partial charge >= 0.3 is 0 Å². The highest BCUT2D eigenvalue weighted by Gasteiger charge is 2.04. The Morgan fingerprint density at radius 3 is 2.93 bits per heavy atom. The molecule has 0 bridgehead atoms. The fourth-order valence-corrected chi connectivity index (χ4v) is 1.63. The molecule has 15 heavy (non-hydrogen) atoms. The van der Waals surface area contributed by atoms with Crippen molar-refractivity contribution in [3.8, 4) is 5.75 Å². The van der Waals surface area contributed by atoms with Crippen LogP contribution in [0, 0.1) is 0 Å². The highest BCUT2D eigenvalue weighted by Crippen LogP contribution is 2.27. The summed E-state index contributed by atoms with van der Waals surface area (Å²) in [5.41, 5.74) is 0.699. The number of hydrogen-bond donors (Lipinski definition) is 1. The molecule has 0 unspecified atom stereocenters. The third kappa shape index (κ3) is 3.72. The van der Waals surface area contributed by atoms with Crippen LogP contribution in [0.25, 0.3) is 0 Å². The molecule has 0 radical (unpaired) electrons. The minimum absolute atomic E-state index is 0.102. The first-order valence-electron chi connectivity index (χ1n) is 4.36. The molecule has 0 aliphatic carbocycles. The summed E-state index contributed by atoms with van der Waals surface area (Å²) in [7, 11) is 1.57. The molecule has 0 heterocycles. The van der Waals surface area contributed by atoms with Crippen molar-refractivity contribution in [3.05, 3.63) is 22.7 Å². The average Bonchev–Trinajstić information content (AvgIpc) is 2.21. The van der Waals surface area contributed by atoms with Crippen molar-refractivity contribution in [2.75, 3.05) is 18.3 Å². The second-order valence-corrected chi connectivity index (χ2v) is 4.07. The lowest BCUT2D eigenvalue weighted by molar-refractivity contribution is -0.115. The third-order valence-corrected chi connectivity index (χ3v) is 2.60. The minimum Gasteiger partial charge on any atom is -0.495 e. The quantitative estimate of drug-likeness (QED) is 0.866. The highest BCUT2D eigenvalue weighted by molar-refractivity contribution is 9.10. The first-order valence-corrected chi connectivity index (χ1v) is 5.69. The summed E-state index contributed by atoms with van der Waals surface area (Å²) in [5.74, 6) is 0.896. The van der Waals surface area contributed by atoms with Gasteiger partial charge in [-0.15, -0.1) is 11.6 Å². The van der Waals surface area contributed by atoms with Crippen molar-refractivity contribution in [1.29, 1.82) is 0 Å². The normalized spacial score (nSPS) is 9.80. The SMILES string of the molecule is COc1cc(NC(=O)CCCl)ccc1Br. The zero-order chi connectivity index (χ0) is 11.3. The molecular weight excluding hydrogens is 281 g/mol. The lowest BCUT2D eigenvalue weighted by Crippen LogP contribution is -2.11. The minimum atomic E-state index is -0.102. The molecule has 3 nitrogen and oxygen atoms in total. The standard InChI is InChI=1S/C10H11BrClNO2/c1-15-9-6-7(2-3-8(9)11)13-10(14)4-5-12/h2-3,6H,4-5H2,1H3,(H,13,14). The van der Waals surface area contributed by atoms with E-state index in [2.05, 4.69) is 21.2 Å². The van der Waals surface area contributed by atoms with E-state index < -0.39 is 0 Å². The van der Waals surface area contributed by atoms with Crippen molar-refractivity contribution in [2.45, 2.75) is 6.42 Å². The van der Waals surface area contributed by atoms with E-state index in [0.29, 0.717) is 23.7 Å². The molecule has 0 spiro atoms. The lowest BCUT2D eigenvalue weighted by Gasteiger charge is -2.07. The predicted octanol–water partition coefficient (Wildman–Crippen LogP) is 3.03. The van der Waals surface area contributed by atoms with Crippen molar-refractivity contribution in [3.63, 3.8) is 0 Å². The molecule has 0 saturated carbocycles. The summed E-state index contributed by atoms with van der Waals surface area (Å²) >= 11 is 8.78. The first kappa shape index (κ1) is 12.3. The van der Waals surface area contributed by atoms with Gasteiger partial charge in [0.2, 0.25) is 5.91 Å². The molecule has 1 aromatic rings. The predicted molar refractivity (Wildman–Crippen MR) is 64.7 cm³/mol. The van der Waals surface area contributed by atoms with Crippen LogP contribution in [0.1, 0.15) is 6.42 Å². The van der Waals surface area contributed by atoms with E-state index in [4.69, 9.17) is 16.3 Å². The summed E-state index contributed by atoms with van der Waals surface area (Å²) in [6.07, 6.45) is 0.305. The molecule has 0 atom stereocenters. The Kier molecular flexibility index (Phi) is 4.91. The molecule has 0 aliphatic heterocycles. The maximum atomic E-state index is 11.2. The molecule has 1 N–H and O–H groups in total. The maximum absolute atomic E-state index is 11.2. The Labute approximate surface area is 102 Å². The number of nitrogens with one attached hydrogen (secondary N) is 1. The number of alkyl halides is 1. The van der Waals surface area contributed by atoms with Gasteiger partial charge in [0.25, 0.3) is 0 Å². The van der Waals surface area contributed by atoms with Crippen LogP contribution in [-0.2, 0) is 4.79 Å². The van der Waals surface area contributed by atoms with Crippen LogP contribution in [-0.4, -0.2) is 18.9 Å². The van der Waals surface area contributed by atoms with E-state index in [0.717, 1.165) is 4.47 Å². The van der Waals surface area contributed by atoms with Gasteiger partial charge in [-0.1, -0.05) is 0 Å². The van der Waals surface area contributed by atoms with E-state index in [1.807, 2.05) is 6.07 Å². The second-order valence-electron chi connectivity index (χ2n) is 2.84. The van der Waals surface area contributed by atoms with Crippen molar-refractivity contribution < 1.29 is 9.53 Å². The van der Waals surface area contributed by atoms with Gasteiger partial charge in [-0.3, -0.25) is 4.79 Å². The zero-order valence-corrected chi connectivity index (χ0v) is 10.6. The summed E-state index contributed by atoms with van der Waals surface area (Å²) < 4.78 is 5.95. The Morgan fingerprint density at radius 2 is 2.33 bits per heavy atom. The third-order valence-electron chi connectivity index (χ3n) is 1.76. The van der Waals surface area contributed by atoms with Gasteiger partial charge in [0.1, 0.15) is 5.75 Å². The van der Waals surface area contributed by atoms with Crippen LogP contribution in [0.15, 0.2) is 22.7 Å². The number of ether oxygens (including phenoxy) is 1. The molecule has 0 saturated heterocycles. The van der Waals surface area contributed by atoms with Gasteiger partial charge in [0, 0.05) is 24.1 Å². The fourth-order valence-electron chi connectivity index (χ4n) is 1.05. The number of methoxy groups -OCH3 is 1. The van der Waals surface area contributed by atoms with Crippen molar-refractivity contribution >= 4 is 39.1 Å². The molecule has 5 heteroatoms. The van der Waals surface area contributed by atoms with Crippen molar-refractivity contribution in [1.82, 2.24) is 0 Å². The van der Waals surface area contributed by atoms with E-state index >= 15 is 0 Å². The molecular formula is C10H11BrClNO2. The smallest absolute Gasteiger partial charge is 0.225 e. The monoisotopic (exact) mass is 291 g/mol. The Morgan fingerprint density at radius 1 is 1.60 bits per heavy atom. The first-order chi connectivity index (χ1) is 7.17. The summed E-state index contributed by atoms with van der Waals surface area (Å²) in [6, 6.07) is 5.35. The number of carbonyl (C=O) groups excluding carboxylic acids is 1. The van der Waals surface area contributed by atoms with E-state index in [1.54, 1.807) is 19.2 Å². The average molecular weight is 293 g/mol. The molecule has 82 valence electrons. The van der Waals surface area contributed by atoms with Gasteiger partial charge in [-0.05, 0) is 28.1 Å². The van der Waals surface area contributed by atoms with Gasteiger partial charge in [0.15, 0.2) is 0 Å². The number of anilines is 1. The topological polar surface area (TPSA) is 38.3 Å². The maximum Gasteiger partial charge on any atom is 0.225 e. The molecule has 1 rings (SSSR count). The number of halogens is 2. The highest BCUT2D eigenvalue weighted by atomic mass is 79.9. The van der Waals surface area contributed by atoms with Crippen LogP contribution in [0.5, 0.6) is 5.75 Å². The van der Waals surface area contributed by atoms with Gasteiger partial charge in [-0.2, -0.15) is 0 Å². The molecule has 0 aliphatic rings. The number of benzene rings is 1. The van der Waals surface area contributed by atoms with Crippen LogP contribution < -0.4 is 10.1 Å². The number of rotatable bonds is 4. The fraction of sp³-hybridized carbons (Fsp3) is 0.300. The summed E-state index contributed by atoms with van der Waals surface area (Å²) in [6.45, 7) is 0. The second kappa shape index (κ2) is 5.98. The van der Waals surface area contributed by atoms with Gasteiger partial charge in [-0.25, -0.2) is 0 Å². The van der Waals surface area contributed by atoms with Crippen molar-refractivity contribution in [2.24, 2.45) is 0 Å². The lowest BCUT2D eigenvalue weighted by atomic mass is 10.3. The summed E-state index contributed by atoms with van der Waals surface area (Å²) in [4.78, 5) is 11.2. The Bertz CT molecular complexity index is 357. The van der Waals surface area contributed by atoms with E-state index in [9.17, 15) is 4.79 Å². The van der Waals surface area contributed by atoms with Crippen LogP contribution in [0.2, 0.25) is 0 Å².